The molecule has 1 aliphatic rings. The largest absolute Gasteiger partial charge is 0.478 e. The van der Waals surface area contributed by atoms with E-state index in [1.165, 1.54) is 11.3 Å². The van der Waals surface area contributed by atoms with Crippen LogP contribution in [0, 0.1) is 19.8 Å². The van der Waals surface area contributed by atoms with E-state index >= 15 is 0 Å². The van der Waals surface area contributed by atoms with Crippen LogP contribution in [0.25, 0.3) is 0 Å². The highest BCUT2D eigenvalue weighted by Crippen LogP contribution is 2.34. The van der Waals surface area contributed by atoms with Gasteiger partial charge in [-0.15, -0.1) is 11.3 Å². The molecule has 1 heterocycles. The number of amides is 2. The van der Waals surface area contributed by atoms with Crippen molar-refractivity contribution in [3.05, 3.63) is 16.0 Å². The van der Waals surface area contributed by atoms with Gasteiger partial charge in [-0.1, -0.05) is 13.3 Å². The molecule has 0 aromatic carbocycles. The van der Waals surface area contributed by atoms with Crippen molar-refractivity contribution in [1.82, 2.24) is 5.32 Å². The molecular weight excluding hydrogens is 264 g/mol. The first-order valence-corrected chi connectivity index (χ1v) is 7.16. The fourth-order valence-electron chi connectivity index (χ4n) is 2.16. The van der Waals surface area contributed by atoms with Crippen molar-refractivity contribution in [2.24, 2.45) is 5.92 Å². The number of urea groups is 1. The number of carbonyl (C=O) groups is 2. The maximum absolute atomic E-state index is 11.8. The van der Waals surface area contributed by atoms with Crippen molar-refractivity contribution in [2.75, 3.05) is 5.32 Å². The topological polar surface area (TPSA) is 78.4 Å². The van der Waals surface area contributed by atoms with Crippen molar-refractivity contribution < 1.29 is 14.7 Å². The second kappa shape index (κ2) is 5.21. The monoisotopic (exact) mass is 282 g/mol. The second-order valence-corrected chi connectivity index (χ2v) is 6.13. The van der Waals surface area contributed by atoms with E-state index in [4.69, 9.17) is 0 Å². The highest BCUT2D eigenvalue weighted by atomic mass is 32.1. The van der Waals surface area contributed by atoms with Crippen LogP contribution in [0.3, 0.4) is 0 Å². The molecule has 2 rings (SSSR count). The summed E-state index contributed by atoms with van der Waals surface area (Å²) in [6, 6.07) is -0.0786. The van der Waals surface area contributed by atoms with Crippen LogP contribution >= 0.6 is 11.3 Å². The first-order chi connectivity index (χ1) is 8.93. The van der Waals surface area contributed by atoms with Crippen molar-refractivity contribution >= 4 is 28.3 Å². The normalized spacial score (nSPS) is 21.0. The van der Waals surface area contributed by atoms with E-state index in [1.54, 1.807) is 6.92 Å². The number of rotatable bonds is 4. The number of carboxylic acid groups (broad SMARTS) is 1. The maximum atomic E-state index is 11.8. The summed E-state index contributed by atoms with van der Waals surface area (Å²) in [4.78, 5) is 23.9. The van der Waals surface area contributed by atoms with Crippen LogP contribution in [-0.4, -0.2) is 23.1 Å². The number of carboxylic acids is 1. The molecule has 19 heavy (non-hydrogen) atoms. The zero-order valence-corrected chi connectivity index (χ0v) is 12.1. The number of aryl methyl sites for hydroxylation is 1. The molecule has 1 aromatic rings. The quantitative estimate of drug-likeness (QED) is 0.794. The third kappa shape index (κ3) is 2.89. The Bertz CT molecular complexity index is 524. The van der Waals surface area contributed by atoms with Gasteiger partial charge in [-0.3, -0.25) is 5.32 Å². The van der Waals surface area contributed by atoms with Gasteiger partial charge in [0.15, 0.2) is 0 Å². The van der Waals surface area contributed by atoms with E-state index in [9.17, 15) is 14.7 Å². The van der Waals surface area contributed by atoms with Crippen LogP contribution in [0.15, 0.2) is 0 Å². The molecule has 2 unspecified atom stereocenters. The molecular formula is C13H18N2O3S. The van der Waals surface area contributed by atoms with E-state index in [0.29, 0.717) is 16.5 Å². The molecule has 104 valence electrons. The number of anilines is 1. The highest BCUT2D eigenvalue weighted by molar-refractivity contribution is 7.16. The van der Waals surface area contributed by atoms with E-state index in [-0.39, 0.29) is 17.6 Å². The molecule has 0 radical (unpaired) electrons. The summed E-state index contributed by atoms with van der Waals surface area (Å²) in [5.41, 5.74) is 0.908. The lowest BCUT2D eigenvalue weighted by atomic mass is 10.1. The van der Waals surface area contributed by atoms with Crippen LogP contribution in [0.1, 0.15) is 40.6 Å². The molecule has 6 heteroatoms. The molecule has 2 atom stereocenters. The number of hydrogen-bond donors (Lipinski definition) is 3. The Morgan fingerprint density at radius 3 is 2.63 bits per heavy atom. The Balaban J connectivity index is 2.05. The van der Waals surface area contributed by atoms with Crippen LogP contribution in [0.5, 0.6) is 0 Å². The van der Waals surface area contributed by atoms with Crippen LogP contribution in [0.2, 0.25) is 0 Å². The lowest BCUT2D eigenvalue weighted by Crippen LogP contribution is -2.31. The number of nitrogens with one attached hydrogen (secondary N) is 2. The Morgan fingerprint density at radius 1 is 1.42 bits per heavy atom. The molecule has 5 nitrogen and oxygen atoms in total. The minimum Gasteiger partial charge on any atom is -0.478 e. The van der Waals surface area contributed by atoms with Crippen LogP contribution in [0.4, 0.5) is 9.80 Å². The third-order valence-corrected chi connectivity index (χ3v) is 4.71. The van der Waals surface area contributed by atoms with Crippen molar-refractivity contribution in [3.63, 3.8) is 0 Å². The molecule has 0 bridgehead atoms. The van der Waals surface area contributed by atoms with Gasteiger partial charge in [0.05, 0.1) is 5.56 Å². The minimum absolute atomic E-state index is 0.195. The molecule has 1 saturated carbocycles. The first kappa shape index (κ1) is 13.9. The van der Waals surface area contributed by atoms with E-state index in [0.717, 1.165) is 17.7 Å². The molecule has 0 aliphatic heterocycles. The van der Waals surface area contributed by atoms with Crippen molar-refractivity contribution in [1.29, 1.82) is 0 Å². The third-order valence-electron chi connectivity index (χ3n) is 3.59. The first-order valence-electron chi connectivity index (χ1n) is 6.34. The molecule has 0 spiro atoms. The van der Waals surface area contributed by atoms with Gasteiger partial charge < -0.3 is 10.4 Å². The summed E-state index contributed by atoms with van der Waals surface area (Å²) in [5, 5.41) is 15.1. The van der Waals surface area contributed by atoms with Gasteiger partial charge in [-0.25, -0.2) is 9.59 Å². The Labute approximate surface area is 116 Å². The zero-order valence-electron chi connectivity index (χ0n) is 11.2. The van der Waals surface area contributed by atoms with Crippen LogP contribution in [-0.2, 0) is 0 Å². The summed E-state index contributed by atoms with van der Waals surface area (Å²) in [5.74, 6) is -0.438. The van der Waals surface area contributed by atoms with Gasteiger partial charge in [0.25, 0.3) is 0 Å². The smallest absolute Gasteiger partial charge is 0.338 e. The lowest BCUT2D eigenvalue weighted by Gasteiger charge is -2.06. The van der Waals surface area contributed by atoms with Gasteiger partial charge in [-0.2, -0.15) is 0 Å². The molecule has 1 fully saturated rings. The van der Waals surface area contributed by atoms with E-state index in [1.807, 2.05) is 6.92 Å². The summed E-state index contributed by atoms with van der Waals surface area (Å²) in [6.07, 6.45) is 2.07. The predicted octanol–water partition coefficient (Wildman–Crippen LogP) is 2.98. The summed E-state index contributed by atoms with van der Waals surface area (Å²) in [6.45, 7) is 5.70. The average molecular weight is 282 g/mol. The Morgan fingerprint density at radius 2 is 2.11 bits per heavy atom. The highest BCUT2D eigenvalue weighted by Gasteiger charge is 2.36. The maximum Gasteiger partial charge on any atom is 0.338 e. The van der Waals surface area contributed by atoms with Gasteiger partial charge >= 0.3 is 12.0 Å². The minimum atomic E-state index is -1.00. The predicted molar refractivity (Wildman–Crippen MR) is 75.1 cm³/mol. The van der Waals surface area contributed by atoms with Crippen molar-refractivity contribution in [2.45, 2.75) is 39.7 Å². The average Bonchev–Trinajstić information content (AvgIpc) is 2.99. The molecule has 1 aliphatic carbocycles. The molecule has 3 N–H and O–H groups in total. The van der Waals surface area contributed by atoms with E-state index < -0.39 is 5.97 Å². The number of hydrogen-bond acceptors (Lipinski definition) is 3. The zero-order chi connectivity index (χ0) is 14.2. The molecule has 2 amide bonds. The number of thiophene rings is 1. The SMILES string of the molecule is CCC1CC1NC(=O)Nc1sc(C)c(C)c1C(=O)O. The van der Waals surface area contributed by atoms with Gasteiger partial charge in [0.2, 0.25) is 0 Å². The Hall–Kier alpha value is -1.56. The van der Waals surface area contributed by atoms with Crippen LogP contribution < -0.4 is 10.6 Å². The summed E-state index contributed by atoms with van der Waals surface area (Å²) >= 11 is 1.30. The number of carbonyl (C=O) groups excluding carboxylic acids is 1. The standard InChI is InChI=1S/C13H18N2O3S/c1-4-8-5-9(8)14-13(18)15-11-10(12(16)17)6(2)7(3)19-11/h8-9H,4-5H2,1-3H3,(H,16,17)(H2,14,15,18). The van der Waals surface area contributed by atoms with E-state index in [2.05, 4.69) is 17.6 Å². The summed E-state index contributed by atoms with van der Waals surface area (Å²) < 4.78 is 0. The summed E-state index contributed by atoms with van der Waals surface area (Å²) in [7, 11) is 0. The molecule has 0 saturated heterocycles. The number of aromatic carboxylic acids is 1. The fourth-order valence-corrected chi connectivity index (χ4v) is 3.20. The van der Waals surface area contributed by atoms with Gasteiger partial charge in [0.1, 0.15) is 5.00 Å². The Kier molecular flexibility index (Phi) is 3.80. The second-order valence-electron chi connectivity index (χ2n) is 4.90. The van der Waals surface area contributed by atoms with Gasteiger partial charge in [-0.05, 0) is 31.7 Å². The molecule has 1 aromatic heterocycles. The van der Waals surface area contributed by atoms with Gasteiger partial charge in [0, 0.05) is 10.9 Å². The van der Waals surface area contributed by atoms with Crippen molar-refractivity contribution in [3.8, 4) is 0 Å². The lowest BCUT2D eigenvalue weighted by molar-refractivity contribution is 0.0697. The fraction of sp³-hybridized carbons (Fsp3) is 0.538.